The number of halogens is 2. The van der Waals surface area contributed by atoms with Crippen molar-refractivity contribution in [2.75, 3.05) is 26.3 Å². The number of benzene rings is 4. The smallest absolute Gasteiger partial charge is 0.494 e. The molecule has 0 saturated carbocycles. The summed E-state index contributed by atoms with van der Waals surface area (Å²) in [6, 6.07) is 33.2. The van der Waals surface area contributed by atoms with Crippen molar-refractivity contribution in [3.63, 3.8) is 0 Å². The average molecular weight is 723 g/mol. The first-order valence-corrected chi connectivity index (χ1v) is 17.6. The number of carbonyl (C=O) groups excluding carboxylic acids is 1. The average Bonchev–Trinajstić information content (AvgIpc) is 3.09. The zero-order valence-electron chi connectivity index (χ0n) is 28.8. The summed E-state index contributed by atoms with van der Waals surface area (Å²) in [7, 11) is 0. The Morgan fingerprint density at radius 1 is 0.700 bits per heavy atom. The molecule has 10 heteroatoms. The minimum atomic E-state index is -0.782. The van der Waals surface area contributed by atoms with Crippen LogP contribution in [0.5, 0.6) is 5.75 Å². The molecule has 3 atom stereocenters. The summed E-state index contributed by atoms with van der Waals surface area (Å²) in [5, 5.41) is 2.87. The summed E-state index contributed by atoms with van der Waals surface area (Å²) >= 11 is 12.3. The molecule has 0 spiro atoms. The molecule has 266 valence electrons. The molecule has 1 aliphatic heterocycles. The molecule has 0 amide bonds. The molecule has 4 aromatic carbocycles. The van der Waals surface area contributed by atoms with E-state index in [1.807, 2.05) is 91.0 Å². The van der Waals surface area contributed by atoms with Gasteiger partial charge in [-0.3, -0.25) is 0 Å². The van der Waals surface area contributed by atoms with Gasteiger partial charge >= 0.3 is 6.16 Å². The molecule has 0 aliphatic carbocycles. The molecule has 1 saturated heterocycles. The normalized spacial score (nSPS) is 18.1. The fraction of sp³-hybridized carbons (Fsp3) is 0.375. The second kappa shape index (κ2) is 18.6. The van der Waals surface area contributed by atoms with Crippen LogP contribution in [0.3, 0.4) is 0 Å². The predicted octanol–water partition coefficient (Wildman–Crippen LogP) is 9.42. The fourth-order valence-corrected chi connectivity index (χ4v) is 5.85. The molecule has 0 unspecified atom stereocenters. The number of carbonyl (C=O) groups is 1. The molecule has 0 bridgehead atoms. The Kier molecular flexibility index (Phi) is 14.0. The molecule has 8 nitrogen and oxygen atoms in total. The summed E-state index contributed by atoms with van der Waals surface area (Å²) in [5.74, 6) is 0.563. The van der Waals surface area contributed by atoms with Crippen molar-refractivity contribution in [2.24, 2.45) is 0 Å². The lowest BCUT2D eigenvalue weighted by molar-refractivity contribution is -0.209. The molecule has 0 radical (unpaired) electrons. The van der Waals surface area contributed by atoms with Crippen molar-refractivity contribution in [2.45, 2.75) is 70.7 Å². The topological polar surface area (TPSA) is 75.7 Å². The molecule has 1 heterocycles. The third-order valence-electron chi connectivity index (χ3n) is 7.99. The Morgan fingerprint density at radius 3 is 1.78 bits per heavy atom. The Balaban J connectivity index is 1.30. The van der Waals surface area contributed by atoms with Crippen molar-refractivity contribution in [1.82, 2.24) is 5.06 Å². The maximum absolute atomic E-state index is 12.7. The molecule has 5 rings (SSSR count). The van der Waals surface area contributed by atoms with E-state index in [-0.39, 0.29) is 5.92 Å². The molecular formula is C40H45Cl2NO7. The molecule has 0 N–H and O–H groups in total. The van der Waals surface area contributed by atoms with Gasteiger partial charge in [0.15, 0.2) is 0 Å². The standard InChI is InChI=1S/C40H45Cl2NO7/c1-40(2,3)49-39(44)50-43-24-36(47-27-30-10-16-33(41)17-11-30)38(37(25-43)48-28-31-12-18-34(42)19-13-31)32-14-20-35(21-15-32)46-23-7-22-45-26-29-8-5-4-6-9-29/h4-6,8-21,36-38H,7,22-28H2,1-3H3/t36-,37+,38-. The van der Waals surface area contributed by atoms with E-state index in [1.54, 1.807) is 25.8 Å². The van der Waals surface area contributed by atoms with Gasteiger partial charge in [0.1, 0.15) is 11.4 Å². The van der Waals surface area contributed by atoms with Gasteiger partial charge in [0, 0.05) is 22.4 Å². The molecular weight excluding hydrogens is 677 g/mol. The van der Waals surface area contributed by atoms with Gasteiger partial charge in [0.05, 0.1) is 58.3 Å². The maximum Gasteiger partial charge on any atom is 0.528 e. The zero-order valence-corrected chi connectivity index (χ0v) is 30.3. The van der Waals surface area contributed by atoms with Crippen LogP contribution in [-0.2, 0) is 43.6 Å². The van der Waals surface area contributed by atoms with Gasteiger partial charge in [-0.15, -0.1) is 5.06 Å². The summed E-state index contributed by atoms with van der Waals surface area (Å²) in [6.07, 6.45) is -0.835. The van der Waals surface area contributed by atoms with E-state index in [0.29, 0.717) is 56.2 Å². The molecule has 1 aliphatic rings. The maximum atomic E-state index is 12.7. The van der Waals surface area contributed by atoms with Gasteiger partial charge in [-0.2, -0.15) is 0 Å². The van der Waals surface area contributed by atoms with E-state index in [2.05, 4.69) is 12.1 Å². The molecule has 4 aromatic rings. The predicted molar refractivity (Wildman–Crippen MR) is 194 cm³/mol. The zero-order chi connectivity index (χ0) is 35.3. The summed E-state index contributed by atoms with van der Waals surface area (Å²) < 4.78 is 30.5. The number of hydrogen-bond acceptors (Lipinski definition) is 8. The van der Waals surface area contributed by atoms with Crippen LogP contribution in [0.2, 0.25) is 10.0 Å². The van der Waals surface area contributed by atoms with E-state index in [4.69, 9.17) is 51.7 Å². The van der Waals surface area contributed by atoms with Crippen LogP contribution in [0.15, 0.2) is 103 Å². The highest BCUT2D eigenvalue weighted by molar-refractivity contribution is 6.30. The van der Waals surface area contributed by atoms with Crippen molar-refractivity contribution in [3.8, 4) is 5.75 Å². The van der Waals surface area contributed by atoms with Gasteiger partial charge in [0.25, 0.3) is 0 Å². The van der Waals surface area contributed by atoms with Crippen molar-refractivity contribution in [1.29, 1.82) is 0 Å². The first-order chi connectivity index (χ1) is 24.1. The Morgan fingerprint density at radius 2 is 1.24 bits per heavy atom. The van der Waals surface area contributed by atoms with Crippen LogP contribution < -0.4 is 4.74 Å². The van der Waals surface area contributed by atoms with Gasteiger partial charge < -0.3 is 28.5 Å². The summed E-state index contributed by atoms with van der Waals surface area (Å²) in [4.78, 5) is 18.5. The molecule has 1 fully saturated rings. The third kappa shape index (κ3) is 12.3. The number of ether oxygens (including phenoxy) is 5. The van der Waals surface area contributed by atoms with Crippen LogP contribution in [0, 0.1) is 0 Å². The molecule has 0 aromatic heterocycles. The van der Waals surface area contributed by atoms with E-state index in [0.717, 1.165) is 34.4 Å². The van der Waals surface area contributed by atoms with E-state index in [9.17, 15) is 4.79 Å². The lowest BCUT2D eigenvalue weighted by Gasteiger charge is -2.42. The van der Waals surface area contributed by atoms with Crippen LogP contribution >= 0.6 is 23.2 Å². The van der Waals surface area contributed by atoms with Crippen LogP contribution in [0.1, 0.15) is 55.4 Å². The quantitative estimate of drug-likeness (QED) is 0.0888. The van der Waals surface area contributed by atoms with Gasteiger partial charge in [-0.1, -0.05) is 89.9 Å². The van der Waals surface area contributed by atoms with Crippen molar-refractivity contribution >= 4 is 29.4 Å². The number of nitrogens with zero attached hydrogens (tertiary/aromatic N) is 1. The second-order valence-electron chi connectivity index (χ2n) is 13.2. The first kappa shape index (κ1) is 37.6. The van der Waals surface area contributed by atoms with Crippen molar-refractivity contribution in [3.05, 3.63) is 135 Å². The van der Waals surface area contributed by atoms with Gasteiger partial charge in [-0.25, -0.2) is 4.79 Å². The van der Waals surface area contributed by atoms with Crippen LogP contribution in [-0.4, -0.2) is 55.3 Å². The SMILES string of the molecule is CC(C)(C)OC(=O)ON1C[C@H](OCc2ccc(Cl)cc2)[C@H](c2ccc(OCCCOCc3ccccc3)cc2)[C@H](OCc2ccc(Cl)cc2)C1. The lowest BCUT2D eigenvalue weighted by Crippen LogP contribution is -2.53. The minimum absolute atomic E-state index is 0.200. The molecule has 50 heavy (non-hydrogen) atoms. The lowest BCUT2D eigenvalue weighted by atomic mass is 9.85. The Hall–Kier alpha value is -3.63. The third-order valence-corrected chi connectivity index (χ3v) is 8.50. The number of hydroxylamine groups is 2. The van der Waals surface area contributed by atoms with E-state index >= 15 is 0 Å². The minimum Gasteiger partial charge on any atom is -0.494 e. The fourth-order valence-electron chi connectivity index (χ4n) is 5.60. The van der Waals surface area contributed by atoms with Crippen LogP contribution in [0.4, 0.5) is 4.79 Å². The summed E-state index contributed by atoms with van der Waals surface area (Å²) in [6.45, 7) is 8.38. The largest absolute Gasteiger partial charge is 0.528 e. The van der Waals surface area contributed by atoms with E-state index in [1.165, 1.54) is 0 Å². The number of hydrogen-bond donors (Lipinski definition) is 0. The number of rotatable bonds is 15. The van der Waals surface area contributed by atoms with Gasteiger partial charge in [0.2, 0.25) is 0 Å². The highest BCUT2D eigenvalue weighted by atomic mass is 35.5. The summed E-state index contributed by atoms with van der Waals surface area (Å²) in [5.41, 5.74) is 3.39. The van der Waals surface area contributed by atoms with Crippen LogP contribution in [0.25, 0.3) is 0 Å². The number of piperidine rings is 1. The monoisotopic (exact) mass is 721 g/mol. The Bertz CT molecular complexity index is 1540. The highest BCUT2D eigenvalue weighted by Crippen LogP contribution is 2.35. The van der Waals surface area contributed by atoms with Crippen molar-refractivity contribution < 1.29 is 33.3 Å². The Labute approximate surface area is 305 Å². The second-order valence-corrected chi connectivity index (χ2v) is 14.1. The highest BCUT2D eigenvalue weighted by Gasteiger charge is 2.41. The van der Waals surface area contributed by atoms with E-state index < -0.39 is 24.0 Å². The van der Waals surface area contributed by atoms with Gasteiger partial charge in [-0.05, 0) is 79.4 Å². The first-order valence-electron chi connectivity index (χ1n) is 16.8.